The Morgan fingerprint density at radius 3 is 2.92 bits per heavy atom. The molecule has 0 bridgehead atoms. The highest BCUT2D eigenvalue weighted by Crippen LogP contribution is 2.34. The lowest BCUT2D eigenvalue weighted by Gasteiger charge is -2.22. The first kappa shape index (κ1) is 17.7. The summed E-state index contributed by atoms with van der Waals surface area (Å²) in [5, 5.41) is 3.13. The lowest BCUT2D eigenvalue weighted by Crippen LogP contribution is -2.43. The Morgan fingerprint density at radius 2 is 2.20 bits per heavy atom. The van der Waals surface area contributed by atoms with E-state index in [1.54, 1.807) is 12.0 Å². The molecular formula is C19H27N3O3. The van der Waals surface area contributed by atoms with Crippen molar-refractivity contribution in [3.8, 4) is 5.75 Å². The second kappa shape index (κ2) is 7.44. The minimum atomic E-state index is -0.322. The maximum atomic E-state index is 12.6. The lowest BCUT2D eigenvalue weighted by atomic mass is 10.0. The number of anilines is 1. The number of rotatable bonds is 5. The molecule has 0 aromatic heterocycles. The molecule has 6 heteroatoms. The molecule has 6 nitrogen and oxygen atoms in total. The molecule has 1 aliphatic carbocycles. The van der Waals surface area contributed by atoms with Crippen molar-refractivity contribution in [2.75, 3.05) is 25.1 Å². The maximum absolute atomic E-state index is 12.6. The number of methoxy groups -OCH3 is 1. The van der Waals surface area contributed by atoms with Crippen LogP contribution in [0.3, 0.4) is 0 Å². The van der Waals surface area contributed by atoms with Crippen molar-refractivity contribution in [3.05, 3.63) is 23.8 Å². The van der Waals surface area contributed by atoms with Crippen LogP contribution in [0.5, 0.6) is 5.75 Å². The number of carbonyl (C=O) groups excluding carboxylic acids is 2. The minimum Gasteiger partial charge on any atom is -0.495 e. The fourth-order valence-corrected chi connectivity index (χ4v) is 3.94. The zero-order chi connectivity index (χ0) is 18.0. The molecule has 3 N–H and O–H groups in total. The summed E-state index contributed by atoms with van der Waals surface area (Å²) in [5.74, 6) is 0.614. The summed E-state index contributed by atoms with van der Waals surface area (Å²) in [6.45, 7) is 2.96. The highest BCUT2D eigenvalue weighted by Gasteiger charge is 2.38. The van der Waals surface area contributed by atoms with Gasteiger partial charge in [-0.05, 0) is 49.9 Å². The number of nitrogens with two attached hydrogens (primary N) is 1. The summed E-state index contributed by atoms with van der Waals surface area (Å²) in [4.78, 5) is 26.8. The summed E-state index contributed by atoms with van der Waals surface area (Å²) in [6.07, 6.45) is 3.38. The molecule has 3 unspecified atom stereocenters. The fraction of sp³-hybridized carbons (Fsp3) is 0.579. The zero-order valence-corrected chi connectivity index (χ0v) is 15.0. The Balaban J connectivity index is 1.70. The Hall–Kier alpha value is -2.08. The van der Waals surface area contributed by atoms with E-state index in [-0.39, 0.29) is 30.2 Å². The van der Waals surface area contributed by atoms with Gasteiger partial charge in [0.15, 0.2) is 0 Å². The van der Waals surface area contributed by atoms with Gasteiger partial charge in [-0.2, -0.15) is 0 Å². The van der Waals surface area contributed by atoms with Gasteiger partial charge in [0.1, 0.15) is 5.75 Å². The van der Waals surface area contributed by atoms with Crippen molar-refractivity contribution in [2.24, 2.45) is 17.6 Å². The predicted molar refractivity (Wildman–Crippen MR) is 96.5 cm³/mol. The second-order valence-corrected chi connectivity index (χ2v) is 7.12. The first-order valence-corrected chi connectivity index (χ1v) is 8.99. The Labute approximate surface area is 148 Å². The summed E-state index contributed by atoms with van der Waals surface area (Å²) in [7, 11) is 1.59. The van der Waals surface area contributed by atoms with Crippen LogP contribution < -0.4 is 20.7 Å². The highest BCUT2D eigenvalue weighted by atomic mass is 16.5. The van der Waals surface area contributed by atoms with Crippen molar-refractivity contribution in [2.45, 2.75) is 38.6 Å². The standard InChI is InChI=1S/C19H27N3O3/c1-12-6-7-17(25-2)16(8-12)22-11-14(9-18(22)23)19(24)21-15-5-3-4-13(15)10-20/h6-8,13-15H,3-5,9-11,20H2,1-2H3,(H,21,24). The van der Waals surface area contributed by atoms with Crippen molar-refractivity contribution in [1.82, 2.24) is 5.32 Å². The summed E-state index contributed by atoms with van der Waals surface area (Å²) >= 11 is 0. The van der Waals surface area contributed by atoms with Gasteiger partial charge in [0.25, 0.3) is 0 Å². The van der Waals surface area contributed by atoms with Crippen LogP contribution in [0.15, 0.2) is 18.2 Å². The molecule has 3 atom stereocenters. The molecule has 2 amide bonds. The predicted octanol–water partition coefficient (Wildman–Crippen LogP) is 1.60. The van der Waals surface area contributed by atoms with E-state index in [0.29, 0.717) is 24.8 Å². The Bertz CT molecular complexity index is 661. The normalized spacial score (nSPS) is 26.1. The topological polar surface area (TPSA) is 84.7 Å². The molecule has 2 aliphatic rings. The van der Waals surface area contributed by atoms with Crippen molar-refractivity contribution < 1.29 is 14.3 Å². The van der Waals surface area contributed by atoms with E-state index < -0.39 is 0 Å². The van der Waals surface area contributed by atoms with Gasteiger partial charge in [0.2, 0.25) is 11.8 Å². The van der Waals surface area contributed by atoms with Crippen molar-refractivity contribution in [3.63, 3.8) is 0 Å². The molecule has 3 rings (SSSR count). The van der Waals surface area contributed by atoms with Crippen LogP contribution in [0.1, 0.15) is 31.2 Å². The van der Waals surface area contributed by atoms with Crippen LogP contribution >= 0.6 is 0 Å². The van der Waals surface area contributed by atoms with E-state index in [0.717, 1.165) is 30.5 Å². The third-order valence-electron chi connectivity index (χ3n) is 5.41. The number of carbonyl (C=O) groups is 2. The molecule has 1 aromatic carbocycles. The molecule has 0 radical (unpaired) electrons. The monoisotopic (exact) mass is 345 g/mol. The number of nitrogens with one attached hydrogen (secondary N) is 1. The smallest absolute Gasteiger partial charge is 0.227 e. The van der Waals surface area contributed by atoms with E-state index >= 15 is 0 Å². The molecule has 1 saturated heterocycles. The maximum Gasteiger partial charge on any atom is 0.227 e. The first-order chi connectivity index (χ1) is 12.0. The van der Waals surface area contributed by atoms with E-state index in [4.69, 9.17) is 10.5 Å². The van der Waals surface area contributed by atoms with Gasteiger partial charge in [-0.15, -0.1) is 0 Å². The van der Waals surface area contributed by atoms with Crippen LogP contribution in [0.4, 0.5) is 5.69 Å². The van der Waals surface area contributed by atoms with Gasteiger partial charge in [0, 0.05) is 19.0 Å². The number of ether oxygens (including phenoxy) is 1. The average molecular weight is 345 g/mol. The number of amides is 2. The van der Waals surface area contributed by atoms with Gasteiger partial charge in [-0.25, -0.2) is 0 Å². The van der Waals surface area contributed by atoms with Gasteiger partial charge < -0.3 is 20.7 Å². The Kier molecular flexibility index (Phi) is 5.27. The lowest BCUT2D eigenvalue weighted by molar-refractivity contribution is -0.127. The molecule has 25 heavy (non-hydrogen) atoms. The van der Waals surface area contributed by atoms with Crippen molar-refractivity contribution >= 4 is 17.5 Å². The third-order valence-corrected chi connectivity index (χ3v) is 5.41. The second-order valence-electron chi connectivity index (χ2n) is 7.12. The van der Waals surface area contributed by atoms with E-state index in [2.05, 4.69) is 5.32 Å². The quantitative estimate of drug-likeness (QED) is 0.849. The van der Waals surface area contributed by atoms with Crippen molar-refractivity contribution in [1.29, 1.82) is 0 Å². The zero-order valence-electron chi connectivity index (χ0n) is 15.0. The van der Waals surface area contributed by atoms with Gasteiger partial charge >= 0.3 is 0 Å². The Morgan fingerprint density at radius 1 is 1.40 bits per heavy atom. The number of benzene rings is 1. The molecule has 136 valence electrons. The molecule has 1 heterocycles. The minimum absolute atomic E-state index is 0.0344. The van der Waals surface area contributed by atoms with Crippen LogP contribution in [0, 0.1) is 18.8 Å². The van der Waals surface area contributed by atoms with Crippen LogP contribution in [0.2, 0.25) is 0 Å². The molecular weight excluding hydrogens is 318 g/mol. The molecule has 1 aromatic rings. The van der Waals surface area contributed by atoms with Gasteiger partial charge in [-0.3, -0.25) is 9.59 Å². The third kappa shape index (κ3) is 3.63. The first-order valence-electron chi connectivity index (χ1n) is 8.99. The highest BCUT2D eigenvalue weighted by molar-refractivity contribution is 6.01. The molecule has 0 spiro atoms. The van der Waals surface area contributed by atoms with E-state index in [1.165, 1.54) is 0 Å². The molecule has 1 saturated carbocycles. The van der Waals surface area contributed by atoms with Gasteiger partial charge in [0.05, 0.1) is 18.7 Å². The average Bonchev–Trinajstić information content (AvgIpc) is 3.20. The molecule has 2 fully saturated rings. The number of hydrogen-bond donors (Lipinski definition) is 2. The summed E-state index contributed by atoms with van der Waals surface area (Å²) in [6, 6.07) is 5.88. The summed E-state index contributed by atoms with van der Waals surface area (Å²) < 4.78 is 5.38. The van der Waals surface area contributed by atoms with Crippen LogP contribution in [-0.2, 0) is 9.59 Å². The summed E-state index contributed by atoms with van der Waals surface area (Å²) in [5.41, 5.74) is 7.58. The molecule has 1 aliphatic heterocycles. The van der Waals surface area contributed by atoms with Crippen LogP contribution in [-0.4, -0.2) is 38.1 Å². The van der Waals surface area contributed by atoms with E-state index in [9.17, 15) is 9.59 Å². The SMILES string of the molecule is COc1ccc(C)cc1N1CC(C(=O)NC2CCCC2CN)CC1=O. The van der Waals surface area contributed by atoms with Gasteiger partial charge in [-0.1, -0.05) is 12.5 Å². The largest absolute Gasteiger partial charge is 0.495 e. The number of nitrogens with zero attached hydrogens (tertiary/aromatic N) is 1. The number of hydrogen-bond acceptors (Lipinski definition) is 4. The van der Waals surface area contributed by atoms with Crippen LogP contribution in [0.25, 0.3) is 0 Å². The fourth-order valence-electron chi connectivity index (χ4n) is 3.94. The van der Waals surface area contributed by atoms with E-state index in [1.807, 2.05) is 25.1 Å². The number of aryl methyl sites for hydroxylation is 1.